The first-order valence-corrected chi connectivity index (χ1v) is 12.9. The van der Waals surface area contributed by atoms with Crippen LogP contribution >= 0.6 is 49.0 Å². The molecule has 0 saturated carbocycles. The molecule has 2 saturated heterocycles. The predicted molar refractivity (Wildman–Crippen MR) is 153 cm³/mol. The zero-order valence-electron chi connectivity index (χ0n) is 20.5. The Kier molecular flexibility index (Phi) is 9.42. The summed E-state index contributed by atoms with van der Waals surface area (Å²) >= 11 is 1.82. The Bertz CT molecular complexity index is 1240. The van der Waals surface area contributed by atoms with E-state index in [1.54, 1.807) is 16.8 Å². The molecular formula is C25H31Cl3FN6OS+. The molecule has 37 heavy (non-hydrogen) atoms. The first kappa shape index (κ1) is 29.5. The van der Waals surface area contributed by atoms with Crippen LogP contribution in [0.25, 0.3) is 5.69 Å². The highest BCUT2D eigenvalue weighted by atomic mass is 35.5. The summed E-state index contributed by atoms with van der Waals surface area (Å²) in [5, 5.41) is 7.02. The van der Waals surface area contributed by atoms with E-state index in [2.05, 4.69) is 39.4 Å². The van der Waals surface area contributed by atoms with Gasteiger partial charge in [-0.25, -0.2) is 9.07 Å². The Labute approximate surface area is 239 Å². The van der Waals surface area contributed by atoms with Gasteiger partial charge in [0.15, 0.2) is 5.70 Å². The third kappa shape index (κ3) is 5.17. The number of benzene rings is 1. The second-order valence-corrected chi connectivity index (χ2v) is 10.2. The lowest BCUT2D eigenvalue weighted by Crippen LogP contribution is -2.60. The average Bonchev–Trinajstić information content (AvgIpc) is 3.62. The third-order valence-corrected chi connectivity index (χ3v) is 8.04. The highest BCUT2D eigenvalue weighted by Crippen LogP contribution is 2.38. The maximum absolute atomic E-state index is 14.5. The first-order chi connectivity index (χ1) is 16.5. The standard InChI is InChI=1S/C25H28FN6OS.3ClH/c1-19-15-24(31(27-19)23-7-3-2-6-22(23)26)28-8-10-30(11-9-28)32-13-4-5-21(32)16-20(17-32)25(33)29-12-14-34-18-29;;;/h2-7,13,15-16H,8-12,14,17-18H2,1H3;3*1H/q+1;;;/t32-;;;/m1.../s1. The van der Waals surface area contributed by atoms with Gasteiger partial charge in [0.1, 0.15) is 30.1 Å². The summed E-state index contributed by atoms with van der Waals surface area (Å²) in [6.45, 7) is 6.71. The van der Waals surface area contributed by atoms with Crippen molar-refractivity contribution in [2.75, 3.05) is 55.8 Å². The maximum Gasteiger partial charge on any atom is 0.256 e. The maximum atomic E-state index is 14.5. The van der Waals surface area contributed by atoms with Crippen LogP contribution in [-0.4, -0.2) is 81.1 Å². The monoisotopic (exact) mass is 587 g/mol. The molecule has 0 bridgehead atoms. The van der Waals surface area contributed by atoms with Gasteiger partial charge in [0.2, 0.25) is 0 Å². The van der Waals surface area contributed by atoms with Crippen LogP contribution in [0.3, 0.4) is 0 Å². The van der Waals surface area contributed by atoms with Crippen molar-refractivity contribution < 1.29 is 13.8 Å². The molecule has 6 rings (SSSR count). The number of allylic oxidation sites excluding steroid dienone is 3. The number of piperazine rings is 1. The zero-order valence-corrected chi connectivity index (χ0v) is 23.7. The van der Waals surface area contributed by atoms with Crippen LogP contribution in [0, 0.1) is 12.7 Å². The molecule has 0 radical (unpaired) electrons. The molecule has 4 aliphatic heterocycles. The van der Waals surface area contributed by atoms with Crippen LogP contribution in [0.1, 0.15) is 5.69 Å². The number of amides is 1. The molecule has 0 spiro atoms. The molecule has 0 aliphatic carbocycles. The fraction of sp³-hybridized carbons (Fsp3) is 0.360. The number of aromatic nitrogens is 2. The molecule has 4 aliphatic rings. The number of thioether (sulfide) groups is 1. The Morgan fingerprint density at radius 2 is 1.84 bits per heavy atom. The van der Waals surface area contributed by atoms with Crippen molar-refractivity contribution in [3.63, 3.8) is 0 Å². The largest absolute Gasteiger partial charge is 0.353 e. The topological polar surface area (TPSA) is 44.6 Å². The van der Waals surface area contributed by atoms with E-state index in [1.165, 1.54) is 6.07 Å². The number of carbonyl (C=O) groups excluding carboxylic acids is 1. The molecule has 0 N–H and O–H groups in total. The van der Waals surface area contributed by atoms with Gasteiger partial charge in [-0.15, -0.1) is 54.0 Å². The van der Waals surface area contributed by atoms with Crippen molar-refractivity contribution in [3.05, 3.63) is 77.5 Å². The van der Waals surface area contributed by atoms with Crippen molar-refractivity contribution in [2.24, 2.45) is 0 Å². The number of hydrogen-bond donors (Lipinski definition) is 0. The van der Waals surface area contributed by atoms with Crippen molar-refractivity contribution in [1.82, 2.24) is 19.7 Å². The molecule has 1 atom stereocenters. The molecule has 1 aromatic carbocycles. The summed E-state index contributed by atoms with van der Waals surface area (Å²) in [4.78, 5) is 17.3. The second kappa shape index (κ2) is 11.8. The van der Waals surface area contributed by atoms with E-state index in [1.807, 2.05) is 35.7 Å². The minimum absolute atomic E-state index is 0. The predicted octanol–water partition coefficient (Wildman–Crippen LogP) is 4.32. The van der Waals surface area contributed by atoms with Crippen molar-refractivity contribution in [2.45, 2.75) is 6.92 Å². The summed E-state index contributed by atoms with van der Waals surface area (Å²) in [5.41, 5.74) is 3.39. The van der Waals surface area contributed by atoms with Crippen molar-refractivity contribution in [3.8, 4) is 5.69 Å². The lowest BCUT2D eigenvalue weighted by atomic mass is 10.2. The summed E-state index contributed by atoms with van der Waals surface area (Å²) in [5.74, 6) is 2.62. The SMILES string of the molecule is Cc1cc(N2CCN([N@@+]34C=CC=C3C=C(C(=O)N3CCSC3)C4)CC2)n(-c2ccccc2F)n1.Cl.Cl.Cl. The lowest BCUT2D eigenvalue weighted by molar-refractivity contribution is -0.948. The second-order valence-electron chi connectivity index (χ2n) is 9.14. The number of nitrogens with zero attached hydrogens (tertiary/aromatic N) is 6. The van der Waals surface area contributed by atoms with E-state index < -0.39 is 0 Å². The Hall–Kier alpha value is -2.01. The smallest absolute Gasteiger partial charge is 0.256 e. The number of para-hydroxylation sites is 1. The fourth-order valence-electron chi connectivity index (χ4n) is 5.34. The number of carbonyl (C=O) groups is 1. The number of aryl methyl sites for hydroxylation is 1. The van der Waals surface area contributed by atoms with E-state index in [9.17, 15) is 9.18 Å². The number of fused-ring (bicyclic) bond motifs is 1. The van der Waals surface area contributed by atoms with Gasteiger partial charge in [-0.2, -0.15) is 9.69 Å². The Morgan fingerprint density at radius 1 is 1.08 bits per heavy atom. The van der Waals surface area contributed by atoms with Gasteiger partial charge in [0, 0.05) is 43.6 Å². The molecule has 2 aromatic rings. The molecule has 2 fully saturated rings. The average molecular weight is 589 g/mol. The van der Waals surface area contributed by atoms with E-state index in [4.69, 9.17) is 0 Å². The summed E-state index contributed by atoms with van der Waals surface area (Å²) in [6.07, 6.45) is 8.52. The zero-order chi connectivity index (χ0) is 23.3. The van der Waals surface area contributed by atoms with Crippen LogP contribution in [0.15, 0.2) is 66.0 Å². The van der Waals surface area contributed by atoms with Crippen molar-refractivity contribution in [1.29, 1.82) is 0 Å². The lowest BCUT2D eigenvalue weighted by Gasteiger charge is -2.44. The van der Waals surface area contributed by atoms with Gasteiger partial charge >= 0.3 is 0 Å². The number of rotatable bonds is 4. The summed E-state index contributed by atoms with van der Waals surface area (Å²) < 4.78 is 16.8. The normalized spacial score (nSPS) is 22.5. The van der Waals surface area contributed by atoms with Crippen LogP contribution in [0.2, 0.25) is 0 Å². The highest BCUT2D eigenvalue weighted by Gasteiger charge is 2.48. The highest BCUT2D eigenvalue weighted by molar-refractivity contribution is 7.99. The molecule has 12 heteroatoms. The van der Waals surface area contributed by atoms with Crippen LogP contribution in [0.4, 0.5) is 10.2 Å². The molecular weight excluding hydrogens is 558 g/mol. The van der Waals surface area contributed by atoms with E-state index >= 15 is 0 Å². The number of anilines is 1. The van der Waals surface area contributed by atoms with Gasteiger partial charge < -0.3 is 9.80 Å². The molecule has 1 amide bonds. The molecule has 1 aromatic heterocycles. The van der Waals surface area contributed by atoms with E-state index in [-0.39, 0.29) is 48.9 Å². The van der Waals surface area contributed by atoms with Crippen LogP contribution < -0.4 is 4.90 Å². The van der Waals surface area contributed by atoms with Gasteiger partial charge in [0.05, 0.1) is 30.2 Å². The molecule has 7 nitrogen and oxygen atoms in total. The molecule has 200 valence electrons. The number of hydrogen-bond acceptors (Lipinski definition) is 5. The van der Waals surface area contributed by atoms with E-state index in [0.717, 1.165) is 67.1 Å². The Morgan fingerprint density at radius 3 is 2.54 bits per heavy atom. The Balaban J connectivity index is 0.00000127. The van der Waals surface area contributed by atoms with Crippen LogP contribution in [0.5, 0.6) is 0 Å². The van der Waals surface area contributed by atoms with E-state index in [0.29, 0.717) is 16.8 Å². The minimum atomic E-state index is -0.280. The van der Waals surface area contributed by atoms with Gasteiger partial charge in [-0.1, -0.05) is 12.1 Å². The summed E-state index contributed by atoms with van der Waals surface area (Å²) in [6, 6.07) is 8.79. The van der Waals surface area contributed by atoms with Crippen molar-refractivity contribution >= 4 is 60.7 Å². The fourth-order valence-corrected chi connectivity index (χ4v) is 6.29. The number of halogens is 4. The van der Waals surface area contributed by atoms with Gasteiger partial charge in [-0.05, 0) is 25.1 Å². The van der Waals surface area contributed by atoms with Crippen LogP contribution in [-0.2, 0) is 4.79 Å². The molecule has 5 heterocycles. The molecule has 0 unspecified atom stereocenters. The first-order valence-electron chi connectivity index (χ1n) is 11.7. The minimum Gasteiger partial charge on any atom is -0.353 e. The third-order valence-electron chi connectivity index (χ3n) is 7.07. The summed E-state index contributed by atoms with van der Waals surface area (Å²) in [7, 11) is 0. The van der Waals surface area contributed by atoms with Gasteiger partial charge in [-0.3, -0.25) is 4.79 Å². The number of quaternary nitrogens is 1. The van der Waals surface area contributed by atoms with Gasteiger partial charge in [0.25, 0.3) is 5.91 Å². The quantitative estimate of drug-likeness (QED) is 0.498.